The molecule has 2 aromatic heterocycles. The molecule has 0 bridgehead atoms. The summed E-state index contributed by atoms with van der Waals surface area (Å²) in [6, 6.07) is 9.75. The van der Waals surface area contributed by atoms with E-state index in [1.807, 2.05) is 12.1 Å². The molecular weight excluding hydrogens is 430 g/mol. The summed E-state index contributed by atoms with van der Waals surface area (Å²) < 4.78 is 6.13. The van der Waals surface area contributed by atoms with Gasteiger partial charge in [0.1, 0.15) is 11.3 Å². The Hall–Kier alpha value is -3.33. The topological polar surface area (TPSA) is 104 Å². The molecule has 1 aromatic carbocycles. The number of nitrogens with zero attached hydrogens (tertiary/aromatic N) is 5. The lowest BCUT2D eigenvalue weighted by atomic mass is 10.1. The number of carbonyl (C=O) groups excluding carboxylic acids is 1. The Morgan fingerprint density at radius 3 is 2.82 bits per heavy atom. The van der Waals surface area contributed by atoms with Gasteiger partial charge in [0, 0.05) is 38.9 Å². The van der Waals surface area contributed by atoms with Gasteiger partial charge in [-0.3, -0.25) is 9.80 Å². The molecule has 3 aromatic rings. The van der Waals surface area contributed by atoms with E-state index in [1.165, 1.54) is 22.6 Å². The maximum absolute atomic E-state index is 12.0. The van der Waals surface area contributed by atoms with Crippen LogP contribution in [-0.2, 0) is 6.42 Å². The molecule has 3 N–H and O–H groups in total. The number of imidazole rings is 1. The van der Waals surface area contributed by atoms with Crippen LogP contribution in [0.1, 0.15) is 31.2 Å². The number of amides is 2. The summed E-state index contributed by atoms with van der Waals surface area (Å²) in [6.07, 6.45) is 6.97. The zero-order valence-electron chi connectivity index (χ0n) is 19.6. The van der Waals surface area contributed by atoms with Crippen LogP contribution in [0.3, 0.4) is 0 Å². The van der Waals surface area contributed by atoms with Crippen molar-refractivity contribution in [1.29, 1.82) is 0 Å². The summed E-state index contributed by atoms with van der Waals surface area (Å²) in [6.45, 7) is 6.40. The summed E-state index contributed by atoms with van der Waals surface area (Å²) >= 11 is 0. The fourth-order valence-electron chi connectivity index (χ4n) is 4.87. The van der Waals surface area contributed by atoms with Crippen LogP contribution in [0.5, 0.6) is 5.75 Å². The molecule has 9 nitrogen and oxygen atoms in total. The Labute approximate surface area is 199 Å². The number of H-pyrrole nitrogens is 1. The average Bonchev–Trinajstić information content (AvgIpc) is 3.13. The number of ether oxygens (including phenoxy) is 1. The number of nitrogens with two attached hydrogens (primary N) is 1. The van der Waals surface area contributed by atoms with E-state index in [0.29, 0.717) is 18.1 Å². The van der Waals surface area contributed by atoms with E-state index in [-0.39, 0.29) is 0 Å². The third-order valence-electron chi connectivity index (χ3n) is 6.75. The van der Waals surface area contributed by atoms with Gasteiger partial charge < -0.3 is 20.4 Å². The Morgan fingerprint density at radius 1 is 1.12 bits per heavy atom. The number of primary amides is 1. The number of nitrogens with one attached hydrogen (secondary N) is 1. The number of hydrogen-bond acceptors (Lipinski definition) is 6. The fourth-order valence-corrected chi connectivity index (χ4v) is 4.87. The highest BCUT2D eigenvalue weighted by Gasteiger charge is 2.22. The maximum Gasteiger partial charge on any atom is 0.321 e. The number of aromatic amines is 1. The molecule has 2 amide bonds. The number of urea groups is 1. The quantitative estimate of drug-likeness (QED) is 0.522. The van der Waals surface area contributed by atoms with Gasteiger partial charge in [-0.05, 0) is 62.4 Å². The van der Waals surface area contributed by atoms with Gasteiger partial charge in [-0.2, -0.15) is 0 Å². The minimum atomic E-state index is -0.503. The van der Waals surface area contributed by atoms with Crippen molar-refractivity contribution in [2.75, 3.05) is 55.7 Å². The summed E-state index contributed by atoms with van der Waals surface area (Å²) in [7, 11) is 0. The van der Waals surface area contributed by atoms with Gasteiger partial charge in [-0.25, -0.2) is 14.8 Å². The number of benzene rings is 1. The van der Waals surface area contributed by atoms with Crippen LogP contribution in [0.25, 0.3) is 11.2 Å². The van der Waals surface area contributed by atoms with E-state index in [1.54, 1.807) is 6.20 Å². The molecule has 0 unspecified atom stereocenters. The van der Waals surface area contributed by atoms with Crippen molar-refractivity contribution < 1.29 is 9.53 Å². The fraction of sp³-hybridized carbons (Fsp3) is 0.480. The summed E-state index contributed by atoms with van der Waals surface area (Å²) in [5.74, 6) is 1.56. The molecule has 0 saturated carbocycles. The Kier molecular flexibility index (Phi) is 6.80. The number of anilines is 2. The van der Waals surface area contributed by atoms with E-state index in [0.717, 1.165) is 76.3 Å². The molecule has 1 fully saturated rings. The second-order valence-electron chi connectivity index (χ2n) is 9.03. The Balaban J connectivity index is 1.10. The van der Waals surface area contributed by atoms with Crippen LogP contribution >= 0.6 is 0 Å². The van der Waals surface area contributed by atoms with Crippen molar-refractivity contribution >= 4 is 28.8 Å². The van der Waals surface area contributed by atoms with Crippen molar-refractivity contribution in [2.24, 2.45) is 5.73 Å². The third-order valence-corrected chi connectivity index (χ3v) is 6.75. The standard InChI is InChI=1S/C25H33N7O2/c26-24(33)32(25-28-20-9-6-11-27-23(20)29-25)13-3-2-12-30-14-16-31(17-15-30)21-10-5-8-19-7-1-4-18-34-22(19)21/h5-6,8-11H,1-4,7,12-18H2,(H2,26,33)(H,27,28,29). The lowest BCUT2D eigenvalue weighted by Gasteiger charge is -2.37. The smallest absolute Gasteiger partial charge is 0.321 e. The van der Waals surface area contributed by atoms with Gasteiger partial charge in [-0.1, -0.05) is 12.1 Å². The van der Waals surface area contributed by atoms with Crippen LogP contribution < -0.4 is 20.3 Å². The van der Waals surface area contributed by atoms with Crippen molar-refractivity contribution in [3.8, 4) is 5.75 Å². The second kappa shape index (κ2) is 10.3. The molecule has 180 valence electrons. The number of unbranched alkanes of at least 4 members (excludes halogenated alkanes) is 1. The molecule has 0 radical (unpaired) electrons. The first-order valence-electron chi connectivity index (χ1n) is 12.3. The number of rotatable bonds is 7. The van der Waals surface area contributed by atoms with Gasteiger partial charge in [0.05, 0.1) is 12.3 Å². The zero-order valence-corrected chi connectivity index (χ0v) is 19.6. The minimum Gasteiger partial charge on any atom is -0.491 e. The monoisotopic (exact) mass is 463 g/mol. The average molecular weight is 464 g/mol. The van der Waals surface area contributed by atoms with E-state index >= 15 is 0 Å². The van der Waals surface area contributed by atoms with Gasteiger partial charge in [0.2, 0.25) is 5.95 Å². The third kappa shape index (κ3) is 4.94. The first-order valence-corrected chi connectivity index (χ1v) is 12.3. The molecule has 34 heavy (non-hydrogen) atoms. The van der Waals surface area contributed by atoms with Crippen LogP contribution in [0.15, 0.2) is 36.5 Å². The molecule has 2 aliphatic heterocycles. The normalized spacial score (nSPS) is 16.6. The molecular formula is C25H33N7O2. The highest BCUT2D eigenvalue weighted by Crippen LogP contribution is 2.35. The van der Waals surface area contributed by atoms with Crippen LogP contribution in [0, 0.1) is 0 Å². The highest BCUT2D eigenvalue weighted by atomic mass is 16.5. The van der Waals surface area contributed by atoms with Gasteiger partial charge in [0.25, 0.3) is 0 Å². The Bertz CT molecular complexity index is 1090. The van der Waals surface area contributed by atoms with Gasteiger partial charge in [-0.15, -0.1) is 0 Å². The first kappa shape index (κ1) is 22.5. The number of aromatic nitrogens is 3. The van der Waals surface area contributed by atoms with E-state index in [2.05, 4.69) is 43.0 Å². The highest BCUT2D eigenvalue weighted by molar-refractivity contribution is 5.90. The lowest BCUT2D eigenvalue weighted by Crippen LogP contribution is -2.47. The number of carbonyl (C=O) groups is 1. The second-order valence-corrected chi connectivity index (χ2v) is 9.03. The van der Waals surface area contributed by atoms with Crippen molar-refractivity contribution in [3.63, 3.8) is 0 Å². The lowest BCUT2D eigenvalue weighted by molar-refractivity contribution is 0.248. The summed E-state index contributed by atoms with van der Waals surface area (Å²) in [4.78, 5) is 30.3. The van der Waals surface area contributed by atoms with Crippen molar-refractivity contribution in [2.45, 2.75) is 32.1 Å². The molecule has 9 heteroatoms. The number of para-hydroxylation sites is 1. The first-order chi connectivity index (χ1) is 16.7. The molecule has 5 rings (SSSR count). The predicted molar refractivity (Wildman–Crippen MR) is 134 cm³/mol. The molecule has 2 aliphatic rings. The number of fused-ring (bicyclic) bond motifs is 2. The Morgan fingerprint density at radius 2 is 2.00 bits per heavy atom. The number of aryl methyl sites for hydroxylation is 1. The zero-order chi connectivity index (χ0) is 23.3. The van der Waals surface area contributed by atoms with Gasteiger partial charge >= 0.3 is 6.03 Å². The largest absolute Gasteiger partial charge is 0.491 e. The molecule has 4 heterocycles. The van der Waals surface area contributed by atoms with E-state index < -0.39 is 6.03 Å². The minimum absolute atomic E-state index is 0.457. The van der Waals surface area contributed by atoms with Crippen LogP contribution in [0.4, 0.5) is 16.4 Å². The van der Waals surface area contributed by atoms with Crippen molar-refractivity contribution in [1.82, 2.24) is 19.9 Å². The van der Waals surface area contributed by atoms with E-state index in [4.69, 9.17) is 10.5 Å². The van der Waals surface area contributed by atoms with Crippen LogP contribution in [-0.4, -0.2) is 71.8 Å². The van der Waals surface area contributed by atoms with Crippen molar-refractivity contribution in [3.05, 3.63) is 42.1 Å². The maximum atomic E-state index is 12.0. The number of pyridine rings is 1. The number of piperazine rings is 1. The van der Waals surface area contributed by atoms with Crippen LogP contribution in [0.2, 0.25) is 0 Å². The summed E-state index contributed by atoms with van der Waals surface area (Å²) in [5, 5.41) is 0. The molecule has 0 atom stereocenters. The SMILES string of the molecule is NC(=O)N(CCCCN1CCN(c2cccc3c2OCCCC3)CC1)c1nc2cccnc2[nH]1. The predicted octanol–water partition coefficient (Wildman–Crippen LogP) is 3.16. The van der Waals surface area contributed by atoms with E-state index in [9.17, 15) is 4.79 Å². The molecule has 0 spiro atoms. The summed E-state index contributed by atoms with van der Waals surface area (Å²) in [5.41, 5.74) is 9.59. The number of hydrogen-bond donors (Lipinski definition) is 2. The molecule has 1 saturated heterocycles. The molecule has 0 aliphatic carbocycles. The van der Waals surface area contributed by atoms with Gasteiger partial charge in [0.15, 0.2) is 5.65 Å².